The second-order valence-corrected chi connectivity index (χ2v) is 8.60. The van der Waals surface area contributed by atoms with Crippen molar-refractivity contribution in [3.63, 3.8) is 0 Å². The molecule has 1 aliphatic heterocycles. The first-order valence-electron chi connectivity index (χ1n) is 10.0. The van der Waals surface area contributed by atoms with Crippen molar-refractivity contribution in [2.75, 3.05) is 6.54 Å². The number of benzene rings is 1. The van der Waals surface area contributed by atoms with Crippen LogP contribution in [0.4, 0.5) is 0 Å². The third kappa shape index (κ3) is 4.24. The number of carbonyl (C=O) groups excluding carboxylic acids is 3. The molecule has 6 nitrogen and oxygen atoms in total. The Labute approximate surface area is 173 Å². The molecule has 0 radical (unpaired) electrons. The number of aryl methyl sites for hydroxylation is 1. The Morgan fingerprint density at radius 2 is 1.79 bits per heavy atom. The SMILES string of the molecule is Cc1ccc(-c2nc(COC(=O)CCN3C(=O)C4CCCCC4C3=O)cs2)cc1. The maximum atomic E-state index is 12.4. The summed E-state index contributed by atoms with van der Waals surface area (Å²) in [5, 5.41) is 2.76. The molecule has 2 unspecified atom stereocenters. The Bertz CT molecular complexity index is 897. The van der Waals surface area contributed by atoms with Gasteiger partial charge in [-0.25, -0.2) is 4.98 Å². The summed E-state index contributed by atoms with van der Waals surface area (Å²) >= 11 is 1.51. The van der Waals surface area contributed by atoms with Gasteiger partial charge in [-0.1, -0.05) is 42.7 Å². The first kappa shape index (κ1) is 19.8. The molecule has 1 aromatic carbocycles. The van der Waals surface area contributed by atoms with E-state index in [1.807, 2.05) is 36.6 Å². The van der Waals surface area contributed by atoms with Gasteiger partial charge < -0.3 is 4.74 Å². The van der Waals surface area contributed by atoms with Crippen molar-refractivity contribution in [2.24, 2.45) is 11.8 Å². The second kappa shape index (κ2) is 8.45. The van der Waals surface area contributed by atoms with Crippen LogP contribution in [0.15, 0.2) is 29.6 Å². The van der Waals surface area contributed by atoms with Gasteiger partial charge in [0.2, 0.25) is 11.8 Å². The van der Waals surface area contributed by atoms with Crippen LogP contribution >= 0.6 is 11.3 Å². The summed E-state index contributed by atoms with van der Waals surface area (Å²) in [5.74, 6) is -1.01. The average Bonchev–Trinajstić information content (AvgIpc) is 3.30. The number of hydrogen-bond acceptors (Lipinski definition) is 6. The number of amides is 2. The molecule has 2 heterocycles. The molecule has 1 aliphatic carbocycles. The van der Waals surface area contributed by atoms with E-state index >= 15 is 0 Å². The predicted molar refractivity (Wildman–Crippen MR) is 109 cm³/mol. The highest BCUT2D eigenvalue weighted by atomic mass is 32.1. The Kier molecular flexibility index (Phi) is 5.76. The maximum absolute atomic E-state index is 12.4. The molecule has 7 heteroatoms. The summed E-state index contributed by atoms with van der Waals surface area (Å²) in [5.41, 5.74) is 2.91. The predicted octanol–water partition coefficient (Wildman–Crippen LogP) is 3.73. The second-order valence-electron chi connectivity index (χ2n) is 7.75. The highest BCUT2D eigenvalue weighted by Gasteiger charge is 2.47. The summed E-state index contributed by atoms with van der Waals surface area (Å²) in [6, 6.07) is 8.11. The molecular formula is C22H24N2O4S. The van der Waals surface area contributed by atoms with Crippen LogP contribution in [0.1, 0.15) is 43.4 Å². The van der Waals surface area contributed by atoms with E-state index in [2.05, 4.69) is 4.98 Å². The van der Waals surface area contributed by atoms with Gasteiger partial charge in [0.1, 0.15) is 11.6 Å². The van der Waals surface area contributed by atoms with Crippen LogP contribution in [-0.4, -0.2) is 34.2 Å². The highest BCUT2D eigenvalue weighted by molar-refractivity contribution is 7.13. The van der Waals surface area contributed by atoms with Crippen molar-refractivity contribution in [2.45, 2.75) is 45.6 Å². The van der Waals surface area contributed by atoms with Crippen LogP contribution < -0.4 is 0 Å². The van der Waals surface area contributed by atoms with Crippen LogP contribution in [0.2, 0.25) is 0 Å². The van der Waals surface area contributed by atoms with Crippen LogP contribution in [0, 0.1) is 18.8 Å². The van der Waals surface area contributed by atoms with Crippen molar-refractivity contribution in [1.29, 1.82) is 0 Å². The number of rotatable bonds is 6. The van der Waals surface area contributed by atoms with Gasteiger partial charge in [-0.05, 0) is 19.8 Å². The third-order valence-corrected chi connectivity index (χ3v) is 6.64. The van der Waals surface area contributed by atoms with Crippen LogP contribution in [0.3, 0.4) is 0 Å². The Morgan fingerprint density at radius 1 is 1.14 bits per heavy atom. The van der Waals surface area contributed by atoms with Crippen molar-refractivity contribution in [3.8, 4) is 10.6 Å². The number of aromatic nitrogens is 1. The molecule has 1 saturated carbocycles. The number of nitrogens with zero attached hydrogens (tertiary/aromatic N) is 2. The monoisotopic (exact) mass is 412 g/mol. The zero-order valence-corrected chi connectivity index (χ0v) is 17.2. The number of likely N-dealkylation sites (tertiary alicyclic amines) is 1. The molecule has 2 fully saturated rings. The van der Waals surface area contributed by atoms with Crippen molar-refractivity contribution < 1.29 is 19.1 Å². The zero-order chi connectivity index (χ0) is 20.4. The Hall–Kier alpha value is -2.54. The van der Waals surface area contributed by atoms with Gasteiger partial charge in [0.15, 0.2) is 0 Å². The van der Waals surface area contributed by atoms with Crippen LogP contribution in [0.25, 0.3) is 10.6 Å². The van der Waals surface area contributed by atoms with E-state index < -0.39 is 5.97 Å². The van der Waals surface area contributed by atoms with Crippen LogP contribution in [0.5, 0.6) is 0 Å². The number of imide groups is 1. The number of esters is 1. The van der Waals surface area contributed by atoms with E-state index in [0.717, 1.165) is 36.3 Å². The first-order chi connectivity index (χ1) is 14.0. The fourth-order valence-corrected chi connectivity index (χ4v) is 4.89. The van der Waals surface area contributed by atoms with Gasteiger partial charge in [0, 0.05) is 17.5 Å². The molecule has 2 aromatic rings. The molecule has 1 saturated heterocycles. The third-order valence-electron chi connectivity index (χ3n) is 5.70. The van der Waals surface area contributed by atoms with E-state index in [-0.39, 0.29) is 43.2 Å². The van der Waals surface area contributed by atoms with Gasteiger partial charge in [-0.2, -0.15) is 0 Å². The number of ether oxygens (including phenoxy) is 1. The quantitative estimate of drug-likeness (QED) is 0.534. The molecule has 1 aromatic heterocycles. The smallest absolute Gasteiger partial charge is 0.307 e. The minimum absolute atomic E-state index is 0.0197. The number of carbonyl (C=O) groups is 3. The maximum Gasteiger partial charge on any atom is 0.307 e. The molecule has 2 aliphatic rings. The Morgan fingerprint density at radius 3 is 2.45 bits per heavy atom. The lowest BCUT2D eigenvalue weighted by molar-refractivity contribution is -0.146. The average molecular weight is 413 g/mol. The van der Waals surface area contributed by atoms with Crippen molar-refractivity contribution in [1.82, 2.24) is 9.88 Å². The van der Waals surface area contributed by atoms with E-state index in [1.54, 1.807) is 0 Å². The fourth-order valence-electron chi connectivity index (χ4n) is 4.08. The molecule has 152 valence electrons. The van der Waals surface area contributed by atoms with Gasteiger partial charge >= 0.3 is 5.97 Å². The minimum Gasteiger partial charge on any atom is -0.459 e. The normalized spacial score (nSPS) is 21.3. The van der Waals surface area contributed by atoms with Gasteiger partial charge in [-0.15, -0.1) is 11.3 Å². The fraction of sp³-hybridized carbons (Fsp3) is 0.455. The molecule has 0 N–H and O–H groups in total. The first-order valence-corrected chi connectivity index (χ1v) is 10.9. The summed E-state index contributed by atoms with van der Waals surface area (Å²) in [4.78, 5) is 42.8. The molecule has 2 amide bonds. The molecule has 2 atom stereocenters. The topological polar surface area (TPSA) is 76.6 Å². The van der Waals surface area contributed by atoms with E-state index in [0.29, 0.717) is 5.69 Å². The van der Waals surface area contributed by atoms with Gasteiger partial charge in [0.05, 0.1) is 24.0 Å². The summed E-state index contributed by atoms with van der Waals surface area (Å²) in [6.45, 7) is 2.23. The van der Waals surface area contributed by atoms with Crippen molar-refractivity contribution in [3.05, 3.63) is 40.9 Å². The lowest BCUT2D eigenvalue weighted by Crippen LogP contribution is -2.33. The molecule has 29 heavy (non-hydrogen) atoms. The highest BCUT2D eigenvalue weighted by Crippen LogP contribution is 2.38. The van der Waals surface area contributed by atoms with Gasteiger partial charge in [-0.3, -0.25) is 19.3 Å². The lowest BCUT2D eigenvalue weighted by atomic mass is 9.81. The summed E-state index contributed by atoms with van der Waals surface area (Å²) < 4.78 is 5.30. The molecular weight excluding hydrogens is 388 g/mol. The molecule has 4 rings (SSSR count). The Balaban J connectivity index is 1.27. The summed E-state index contributed by atoms with van der Waals surface area (Å²) in [7, 11) is 0. The lowest BCUT2D eigenvalue weighted by Gasteiger charge is -2.19. The van der Waals surface area contributed by atoms with E-state index in [1.165, 1.54) is 21.8 Å². The van der Waals surface area contributed by atoms with E-state index in [9.17, 15) is 14.4 Å². The van der Waals surface area contributed by atoms with Crippen molar-refractivity contribution >= 4 is 29.1 Å². The van der Waals surface area contributed by atoms with Gasteiger partial charge in [0.25, 0.3) is 0 Å². The molecule has 0 spiro atoms. The van der Waals surface area contributed by atoms with Crippen LogP contribution in [-0.2, 0) is 25.7 Å². The number of hydrogen-bond donors (Lipinski definition) is 0. The van der Waals surface area contributed by atoms with E-state index in [4.69, 9.17) is 4.74 Å². The summed E-state index contributed by atoms with van der Waals surface area (Å²) in [6.07, 6.45) is 3.57. The number of thiazole rings is 1. The number of fused-ring (bicyclic) bond motifs is 1. The minimum atomic E-state index is -0.426. The largest absolute Gasteiger partial charge is 0.459 e. The zero-order valence-electron chi connectivity index (χ0n) is 16.4. The standard InChI is InChI=1S/C22H24N2O4S/c1-14-6-8-15(9-7-14)20-23-16(13-29-20)12-28-19(25)10-11-24-21(26)17-4-2-3-5-18(17)22(24)27/h6-9,13,17-18H,2-5,10-12H2,1H3. The molecule has 0 bridgehead atoms.